The van der Waals surface area contributed by atoms with Gasteiger partial charge in [-0.1, -0.05) is 18.2 Å². The van der Waals surface area contributed by atoms with Crippen LogP contribution in [0.1, 0.15) is 11.1 Å². The Hall–Kier alpha value is -2.50. The van der Waals surface area contributed by atoms with Gasteiger partial charge in [0.25, 0.3) is 0 Å². The normalized spacial score (nSPS) is 21.5. The molecular weight excluding hydrogens is 340 g/mol. The minimum absolute atomic E-state index is 0.343. The second-order valence-electron chi connectivity index (χ2n) is 7.21. The SMILES string of the molecule is COc1ccccc1/C=C/C[NH+]1CC[NH+](Cc2ccc3c(c2)OCO3)CC1. The van der Waals surface area contributed by atoms with Crippen LogP contribution in [-0.4, -0.2) is 46.6 Å². The van der Waals surface area contributed by atoms with Crippen molar-refractivity contribution in [2.24, 2.45) is 0 Å². The molecule has 4 rings (SSSR count). The van der Waals surface area contributed by atoms with E-state index in [0.717, 1.165) is 35.9 Å². The molecule has 0 aromatic heterocycles. The van der Waals surface area contributed by atoms with Gasteiger partial charge in [0.05, 0.1) is 13.7 Å². The summed E-state index contributed by atoms with van der Waals surface area (Å²) in [6.45, 7) is 7.28. The highest BCUT2D eigenvalue weighted by Gasteiger charge is 2.23. The van der Waals surface area contributed by atoms with Gasteiger partial charge in [-0.05, 0) is 36.4 Å². The first-order valence-electron chi connectivity index (χ1n) is 9.67. The molecule has 0 amide bonds. The Morgan fingerprint density at radius 2 is 1.74 bits per heavy atom. The van der Waals surface area contributed by atoms with Gasteiger partial charge in [-0.15, -0.1) is 0 Å². The molecule has 2 aromatic carbocycles. The molecule has 2 aliphatic heterocycles. The number of nitrogens with one attached hydrogen (secondary N) is 2. The number of rotatable bonds is 6. The molecule has 0 radical (unpaired) electrons. The molecule has 0 atom stereocenters. The molecule has 2 aromatic rings. The van der Waals surface area contributed by atoms with Crippen LogP contribution < -0.4 is 24.0 Å². The lowest BCUT2D eigenvalue weighted by Gasteiger charge is -2.29. The van der Waals surface area contributed by atoms with Gasteiger partial charge in [-0.25, -0.2) is 0 Å². The van der Waals surface area contributed by atoms with Crippen molar-refractivity contribution in [1.29, 1.82) is 0 Å². The van der Waals surface area contributed by atoms with Crippen molar-refractivity contribution >= 4 is 6.08 Å². The van der Waals surface area contributed by atoms with E-state index in [-0.39, 0.29) is 0 Å². The first-order valence-corrected chi connectivity index (χ1v) is 9.67. The molecular formula is C22H28N2O3+2. The number of hydrogen-bond donors (Lipinski definition) is 2. The van der Waals surface area contributed by atoms with E-state index in [4.69, 9.17) is 14.2 Å². The average Bonchev–Trinajstić information content (AvgIpc) is 3.17. The Bertz CT molecular complexity index is 798. The zero-order chi connectivity index (χ0) is 18.5. The number of piperazine rings is 1. The maximum atomic E-state index is 5.49. The molecule has 0 bridgehead atoms. The van der Waals surface area contributed by atoms with E-state index in [2.05, 4.69) is 30.4 Å². The van der Waals surface area contributed by atoms with Crippen molar-refractivity contribution < 1.29 is 24.0 Å². The smallest absolute Gasteiger partial charge is 0.231 e. The summed E-state index contributed by atoms with van der Waals surface area (Å²) in [6.07, 6.45) is 4.45. The van der Waals surface area contributed by atoms with Crippen molar-refractivity contribution in [1.82, 2.24) is 0 Å². The summed E-state index contributed by atoms with van der Waals surface area (Å²) in [7, 11) is 1.72. The van der Waals surface area contributed by atoms with E-state index in [0.29, 0.717) is 6.79 Å². The first-order chi connectivity index (χ1) is 13.3. The Kier molecular flexibility index (Phi) is 5.61. The summed E-state index contributed by atoms with van der Waals surface area (Å²) in [6, 6.07) is 14.5. The number of methoxy groups -OCH3 is 1. The van der Waals surface area contributed by atoms with Crippen molar-refractivity contribution in [2.75, 3.05) is 46.6 Å². The molecule has 27 heavy (non-hydrogen) atoms. The van der Waals surface area contributed by atoms with Gasteiger partial charge in [0.15, 0.2) is 11.5 Å². The van der Waals surface area contributed by atoms with Crippen LogP contribution in [0.15, 0.2) is 48.5 Å². The third kappa shape index (κ3) is 4.43. The Labute approximate surface area is 160 Å². The quantitative estimate of drug-likeness (QED) is 0.776. The fourth-order valence-corrected chi connectivity index (χ4v) is 3.83. The average molecular weight is 368 g/mol. The predicted octanol–water partition coefficient (Wildman–Crippen LogP) is 0.421. The molecule has 5 nitrogen and oxygen atoms in total. The molecule has 5 heteroatoms. The molecule has 142 valence electrons. The van der Waals surface area contributed by atoms with Crippen LogP contribution in [-0.2, 0) is 6.54 Å². The van der Waals surface area contributed by atoms with E-state index in [1.54, 1.807) is 16.9 Å². The maximum Gasteiger partial charge on any atom is 0.231 e. The van der Waals surface area contributed by atoms with Gasteiger partial charge < -0.3 is 24.0 Å². The topological polar surface area (TPSA) is 36.6 Å². The lowest BCUT2D eigenvalue weighted by molar-refractivity contribution is -1.02. The van der Waals surface area contributed by atoms with Crippen LogP contribution >= 0.6 is 0 Å². The third-order valence-electron chi connectivity index (χ3n) is 5.40. The number of hydrogen-bond acceptors (Lipinski definition) is 3. The first kappa shape index (κ1) is 17.9. The second-order valence-corrected chi connectivity index (χ2v) is 7.21. The van der Waals surface area contributed by atoms with E-state index in [1.807, 2.05) is 24.3 Å². The Morgan fingerprint density at radius 3 is 2.59 bits per heavy atom. The largest absolute Gasteiger partial charge is 0.496 e. The molecule has 1 saturated heterocycles. The van der Waals surface area contributed by atoms with Crippen LogP contribution in [0.3, 0.4) is 0 Å². The number of fused-ring (bicyclic) bond motifs is 1. The van der Waals surface area contributed by atoms with Crippen LogP contribution in [0.25, 0.3) is 6.08 Å². The van der Waals surface area contributed by atoms with Gasteiger partial charge >= 0.3 is 0 Å². The minimum Gasteiger partial charge on any atom is -0.496 e. The van der Waals surface area contributed by atoms with Crippen LogP contribution in [0.5, 0.6) is 17.2 Å². The van der Waals surface area contributed by atoms with E-state index < -0.39 is 0 Å². The molecule has 0 unspecified atom stereocenters. The summed E-state index contributed by atoms with van der Waals surface area (Å²) < 4.78 is 16.3. The fourth-order valence-electron chi connectivity index (χ4n) is 3.83. The molecule has 2 heterocycles. The minimum atomic E-state index is 0.343. The highest BCUT2D eigenvalue weighted by molar-refractivity contribution is 5.57. The zero-order valence-electron chi connectivity index (χ0n) is 15.9. The standard InChI is InChI=1S/C22H26N2O3/c1-25-20-7-3-2-5-19(20)6-4-10-23-11-13-24(14-12-23)16-18-8-9-21-22(15-18)27-17-26-21/h2-9,15H,10-14,16-17H2,1H3/p+2/b6-4+. The molecule has 0 aliphatic carbocycles. The third-order valence-corrected chi connectivity index (χ3v) is 5.40. The van der Waals surface area contributed by atoms with Crippen LogP contribution in [0, 0.1) is 0 Å². The molecule has 1 fully saturated rings. The highest BCUT2D eigenvalue weighted by atomic mass is 16.7. The van der Waals surface area contributed by atoms with E-state index >= 15 is 0 Å². The zero-order valence-corrected chi connectivity index (χ0v) is 15.9. The van der Waals surface area contributed by atoms with Crippen molar-refractivity contribution in [3.05, 3.63) is 59.7 Å². The summed E-state index contributed by atoms with van der Waals surface area (Å²) in [5, 5.41) is 0. The van der Waals surface area contributed by atoms with Crippen LogP contribution in [0.4, 0.5) is 0 Å². The van der Waals surface area contributed by atoms with Gasteiger partial charge in [0.1, 0.15) is 38.5 Å². The van der Waals surface area contributed by atoms with Gasteiger partial charge in [-0.2, -0.15) is 0 Å². The molecule has 2 aliphatic rings. The number of quaternary nitrogens is 2. The van der Waals surface area contributed by atoms with Crippen molar-refractivity contribution in [2.45, 2.75) is 6.54 Å². The Balaban J connectivity index is 1.25. The number of para-hydroxylation sites is 1. The van der Waals surface area contributed by atoms with Crippen molar-refractivity contribution in [3.8, 4) is 17.2 Å². The summed E-state index contributed by atoms with van der Waals surface area (Å²) in [5.74, 6) is 2.68. The van der Waals surface area contributed by atoms with Crippen LogP contribution in [0.2, 0.25) is 0 Å². The predicted molar refractivity (Wildman–Crippen MR) is 105 cm³/mol. The lowest BCUT2D eigenvalue weighted by Crippen LogP contribution is -3.27. The molecule has 0 saturated carbocycles. The summed E-state index contributed by atoms with van der Waals surface area (Å²) in [4.78, 5) is 3.29. The highest BCUT2D eigenvalue weighted by Crippen LogP contribution is 2.32. The van der Waals surface area contributed by atoms with Gasteiger partial charge in [0.2, 0.25) is 6.79 Å². The molecule has 0 spiro atoms. The fraction of sp³-hybridized carbons (Fsp3) is 0.364. The van der Waals surface area contributed by atoms with Crippen molar-refractivity contribution in [3.63, 3.8) is 0 Å². The number of benzene rings is 2. The number of ether oxygens (including phenoxy) is 3. The summed E-state index contributed by atoms with van der Waals surface area (Å²) in [5.41, 5.74) is 2.47. The van der Waals surface area contributed by atoms with E-state index in [9.17, 15) is 0 Å². The molecule has 2 N–H and O–H groups in total. The van der Waals surface area contributed by atoms with Gasteiger partial charge in [0, 0.05) is 11.1 Å². The lowest BCUT2D eigenvalue weighted by atomic mass is 10.1. The maximum absolute atomic E-state index is 5.49. The Morgan fingerprint density at radius 1 is 0.963 bits per heavy atom. The van der Waals surface area contributed by atoms with Gasteiger partial charge in [-0.3, -0.25) is 0 Å². The summed E-state index contributed by atoms with van der Waals surface area (Å²) >= 11 is 0. The second kappa shape index (κ2) is 8.46. The monoisotopic (exact) mass is 368 g/mol. The van der Waals surface area contributed by atoms with E-state index in [1.165, 1.54) is 31.7 Å².